The molecule has 1 aromatic rings. The van der Waals surface area contributed by atoms with Gasteiger partial charge in [-0.2, -0.15) is 0 Å². The van der Waals surface area contributed by atoms with Crippen molar-refractivity contribution in [2.24, 2.45) is 17.8 Å². The average Bonchev–Trinajstić information content (AvgIpc) is 2.79. The van der Waals surface area contributed by atoms with Crippen molar-refractivity contribution in [1.82, 2.24) is 0 Å². The van der Waals surface area contributed by atoms with Crippen molar-refractivity contribution < 1.29 is 9.13 Å². The first kappa shape index (κ1) is 25.2. The van der Waals surface area contributed by atoms with Crippen LogP contribution in [0.15, 0.2) is 30.3 Å². The molecule has 2 unspecified atom stereocenters. The lowest BCUT2D eigenvalue weighted by molar-refractivity contribution is 0.118. The van der Waals surface area contributed by atoms with Gasteiger partial charge in [0.1, 0.15) is 18.5 Å². The zero-order chi connectivity index (χ0) is 21.4. The number of hydrogen-bond acceptors (Lipinski definition) is 1. The summed E-state index contributed by atoms with van der Waals surface area (Å²) in [4.78, 5) is 0. The normalized spacial score (nSPS) is 21.3. The van der Waals surface area contributed by atoms with Gasteiger partial charge >= 0.3 is 0 Å². The van der Waals surface area contributed by atoms with E-state index in [1.807, 2.05) is 30.3 Å². The first-order valence-corrected chi connectivity index (χ1v) is 13.0. The van der Waals surface area contributed by atoms with Gasteiger partial charge in [-0.3, -0.25) is 0 Å². The molecule has 0 aromatic heterocycles. The molecular formula is C28H47FO. The molecule has 2 rings (SSSR count). The van der Waals surface area contributed by atoms with Gasteiger partial charge in [-0.15, -0.1) is 0 Å². The molecule has 0 N–H and O–H groups in total. The molecule has 0 bridgehead atoms. The van der Waals surface area contributed by atoms with Gasteiger partial charge < -0.3 is 4.74 Å². The van der Waals surface area contributed by atoms with E-state index < -0.39 is 6.17 Å². The number of unbranched alkanes of at least 4 members (excludes halogenated alkanes) is 6. The van der Waals surface area contributed by atoms with E-state index in [9.17, 15) is 4.39 Å². The third kappa shape index (κ3) is 10.3. The number of benzene rings is 1. The Hall–Kier alpha value is -1.05. The molecule has 0 radical (unpaired) electrons. The minimum Gasteiger partial charge on any atom is -0.491 e. The van der Waals surface area contributed by atoms with Gasteiger partial charge in [0.2, 0.25) is 0 Å². The third-order valence-electron chi connectivity index (χ3n) is 7.19. The van der Waals surface area contributed by atoms with Crippen molar-refractivity contribution in [1.29, 1.82) is 0 Å². The second-order valence-corrected chi connectivity index (χ2v) is 9.70. The Morgan fingerprint density at radius 2 is 1.53 bits per heavy atom. The van der Waals surface area contributed by atoms with Crippen LogP contribution in [0, 0.1) is 17.8 Å². The molecule has 0 aliphatic heterocycles. The highest BCUT2D eigenvalue weighted by Crippen LogP contribution is 2.39. The number of ether oxygens (including phenoxy) is 1. The monoisotopic (exact) mass is 418 g/mol. The van der Waals surface area contributed by atoms with Gasteiger partial charge in [0.15, 0.2) is 0 Å². The van der Waals surface area contributed by atoms with Gasteiger partial charge in [-0.1, -0.05) is 109 Å². The summed E-state index contributed by atoms with van der Waals surface area (Å²) in [6, 6.07) is 9.69. The maximum absolute atomic E-state index is 14.9. The summed E-state index contributed by atoms with van der Waals surface area (Å²) in [6.45, 7) is 4.76. The highest BCUT2D eigenvalue weighted by atomic mass is 19.1. The molecule has 1 nitrogen and oxygen atoms in total. The van der Waals surface area contributed by atoms with Crippen LogP contribution < -0.4 is 4.74 Å². The summed E-state index contributed by atoms with van der Waals surface area (Å²) >= 11 is 0. The Morgan fingerprint density at radius 1 is 0.867 bits per heavy atom. The summed E-state index contributed by atoms with van der Waals surface area (Å²) < 4.78 is 20.6. The number of halogens is 1. The summed E-state index contributed by atoms with van der Waals surface area (Å²) in [5.74, 6) is 2.98. The predicted octanol–water partition coefficient (Wildman–Crippen LogP) is 9.16. The topological polar surface area (TPSA) is 9.23 Å². The second-order valence-electron chi connectivity index (χ2n) is 9.70. The molecule has 30 heavy (non-hydrogen) atoms. The molecule has 0 saturated heterocycles. The van der Waals surface area contributed by atoms with Crippen molar-refractivity contribution in [2.75, 3.05) is 6.61 Å². The van der Waals surface area contributed by atoms with Crippen molar-refractivity contribution in [3.63, 3.8) is 0 Å². The first-order chi connectivity index (χ1) is 14.7. The van der Waals surface area contributed by atoms with E-state index >= 15 is 0 Å². The van der Waals surface area contributed by atoms with Crippen molar-refractivity contribution in [2.45, 2.75) is 116 Å². The van der Waals surface area contributed by atoms with Gasteiger partial charge in [-0.05, 0) is 49.1 Å². The Balaban J connectivity index is 1.79. The van der Waals surface area contributed by atoms with Crippen LogP contribution in [0.4, 0.5) is 4.39 Å². The van der Waals surface area contributed by atoms with Crippen molar-refractivity contribution in [3.8, 4) is 5.75 Å². The Morgan fingerprint density at radius 3 is 2.23 bits per heavy atom. The van der Waals surface area contributed by atoms with Crippen LogP contribution in [0.25, 0.3) is 0 Å². The number of para-hydroxylation sites is 1. The van der Waals surface area contributed by atoms with Gasteiger partial charge in [-0.25, -0.2) is 4.39 Å². The fraction of sp³-hybridized carbons (Fsp3) is 0.786. The Kier molecular flexibility index (Phi) is 13.2. The molecule has 2 heteroatoms. The van der Waals surface area contributed by atoms with Crippen LogP contribution in [0.2, 0.25) is 0 Å². The minimum absolute atomic E-state index is 0.197. The van der Waals surface area contributed by atoms with E-state index in [1.54, 1.807) is 0 Å². The van der Waals surface area contributed by atoms with Crippen LogP contribution in [0.3, 0.4) is 0 Å². The number of alkyl halides is 1. The molecule has 1 aliphatic carbocycles. The highest BCUT2D eigenvalue weighted by molar-refractivity contribution is 5.20. The molecule has 1 saturated carbocycles. The largest absolute Gasteiger partial charge is 0.491 e. The SMILES string of the molecule is CCCCCCCCC(CC(F)COc1ccccc1)C1CCC(CCCC)CC1. The molecular weight excluding hydrogens is 371 g/mol. The molecule has 1 fully saturated rings. The van der Waals surface area contributed by atoms with E-state index in [-0.39, 0.29) is 6.61 Å². The van der Waals surface area contributed by atoms with Crippen LogP contribution in [-0.2, 0) is 0 Å². The summed E-state index contributed by atoms with van der Waals surface area (Å²) in [5, 5.41) is 0. The Bertz CT molecular complexity index is 509. The van der Waals surface area contributed by atoms with Crippen molar-refractivity contribution >= 4 is 0 Å². The number of rotatable bonds is 16. The van der Waals surface area contributed by atoms with Gasteiger partial charge in [0.25, 0.3) is 0 Å². The minimum atomic E-state index is -0.854. The zero-order valence-corrected chi connectivity index (χ0v) is 19.8. The first-order valence-electron chi connectivity index (χ1n) is 13.0. The van der Waals surface area contributed by atoms with Crippen LogP contribution >= 0.6 is 0 Å². The van der Waals surface area contributed by atoms with Gasteiger partial charge in [0, 0.05) is 0 Å². The van der Waals surface area contributed by atoms with Crippen LogP contribution in [0.1, 0.15) is 110 Å². The molecule has 1 aromatic carbocycles. The van der Waals surface area contributed by atoms with Crippen LogP contribution in [0.5, 0.6) is 5.75 Å². The summed E-state index contributed by atoms with van der Waals surface area (Å²) in [5.41, 5.74) is 0. The van der Waals surface area contributed by atoms with E-state index in [0.29, 0.717) is 12.3 Å². The van der Waals surface area contributed by atoms with E-state index in [0.717, 1.165) is 17.6 Å². The molecule has 1 aliphatic rings. The quantitative estimate of drug-likeness (QED) is 0.243. The standard InChI is InChI=1S/C28H47FO/c1-3-5-7-8-9-11-15-26(25-20-18-24(19-21-25)14-6-4-2)22-27(29)23-30-28-16-12-10-13-17-28/h10,12-13,16-17,24-27H,3-9,11,14-15,18-23H2,1-2H3. The van der Waals surface area contributed by atoms with E-state index in [2.05, 4.69) is 13.8 Å². The predicted molar refractivity (Wildman–Crippen MR) is 128 cm³/mol. The maximum Gasteiger partial charge on any atom is 0.134 e. The van der Waals surface area contributed by atoms with E-state index in [4.69, 9.17) is 4.74 Å². The zero-order valence-electron chi connectivity index (χ0n) is 19.8. The maximum atomic E-state index is 14.9. The molecule has 172 valence electrons. The third-order valence-corrected chi connectivity index (χ3v) is 7.19. The average molecular weight is 419 g/mol. The van der Waals surface area contributed by atoms with Crippen LogP contribution in [-0.4, -0.2) is 12.8 Å². The second kappa shape index (κ2) is 15.7. The van der Waals surface area contributed by atoms with Gasteiger partial charge in [0.05, 0.1) is 0 Å². The molecule has 0 heterocycles. The fourth-order valence-electron chi connectivity index (χ4n) is 5.27. The lowest BCUT2D eigenvalue weighted by atomic mass is 9.71. The fourth-order valence-corrected chi connectivity index (χ4v) is 5.27. The highest BCUT2D eigenvalue weighted by Gasteiger charge is 2.29. The van der Waals surface area contributed by atoms with E-state index in [1.165, 1.54) is 89.9 Å². The number of hydrogen-bond donors (Lipinski definition) is 0. The summed E-state index contributed by atoms with van der Waals surface area (Å²) in [7, 11) is 0. The molecule has 0 amide bonds. The Labute approximate surface area is 186 Å². The summed E-state index contributed by atoms with van der Waals surface area (Å²) in [6.07, 6.45) is 18.5. The van der Waals surface area contributed by atoms with Crippen molar-refractivity contribution in [3.05, 3.63) is 30.3 Å². The lowest BCUT2D eigenvalue weighted by Gasteiger charge is -2.35. The molecule has 2 atom stereocenters. The lowest BCUT2D eigenvalue weighted by Crippen LogP contribution is -2.26. The molecule has 0 spiro atoms. The smallest absolute Gasteiger partial charge is 0.134 e.